The van der Waals surface area contributed by atoms with Gasteiger partial charge in [0.05, 0.1) is 0 Å². The molecule has 1 aliphatic carbocycles. The van der Waals surface area contributed by atoms with E-state index < -0.39 is 6.03 Å². The SMILES string of the molecule is Cn1cc(C2(CNC(N)=O)CCCC2)c2ccccc21. The molecule has 0 radical (unpaired) electrons. The summed E-state index contributed by atoms with van der Waals surface area (Å²) in [6.45, 7) is 0.635. The predicted molar refractivity (Wildman–Crippen MR) is 80.7 cm³/mol. The van der Waals surface area contributed by atoms with Crippen LogP contribution in [0.4, 0.5) is 4.79 Å². The summed E-state index contributed by atoms with van der Waals surface area (Å²) in [5.74, 6) is 0. The van der Waals surface area contributed by atoms with E-state index in [1.54, 1.807) is 0 Å². The van der Waals surface area contributed by atoms with Gasteiger partial charge in [-0.25, -0.2) is 4.79 Å². The van der Waals surface area contributed by atoms with Crippen molar-refractivity contribution in [3.8, 4) is 0 Å². The van der Waals surface area contributed by atoms with E-state index in [0.29, 0.717) is 6.54 Å². The summed E-state index contributed by atoms with van der Waals surface area (Å²) in [4.78, 5) is 11.1. The molecule has 0 unspecified atom stereocenters. The molecule has 0 spiro atoms. The maximum Gasteiger partial charge on any atom is 0.312 e. The number of rotatable bonds is 3. The lowest BCUT2D eigenvalue weighted by atomic mass is 9.78. The number of aromatic nitrogens is 1. The Hall–Kier alpha value is -1.97. The number of carbonyl (C=O) groups excluding carboxylic acids is 1. The molecule has 0 saturated heterocycles. The average Bonchev–Trinajstić information content (AvgIpc) is 3.03. The van der Waals surface area contributed by atoms with Gasteiger partial charge < -0.3 is 15.6 Å². The molecule has 1 aromatic carbocycles. The molecule has 20 heavy (non-hydrogen) atoms. The standard InChI is InChI=1S/C16H21N3O/c1-19-10-13(12-6-2-3-7-14(12)19)16(8-4-5-9-16)11-18-15(17)20/h2-3,6-7,10H,4-5,8-9,11H2,1H3,(H3,17,18,20). The number of nitrogens with zero attached hydrogens (tertiary/aromatic N) is 1. The topological polar surface area (TPSA) is 60.1 Å². The number of hydrogen-bond donors (Lipinski definition) is 2. The Morgan fingerprint density at radius 1 is 1.35 bits per heavy atom. The second-order valence-corrected chi connectivity index (χ2v) is 5.88. The van der Waals surface area contributed by atoms with Crippen LogP contribution in [0, 0.1) is 0 Å². The fourth-order valence-electron chi connectivity index (χ4n) is 3.61. The molecule has 0 atom stereocenters. The second-order valence-electron chi connectivity index (χ2n) is 5.88. The number of nitrogens with one attached hydrogen (secondary N) is 1. The summed E-state index contributed by atoms with van der Waals surface area (Å²) in [7, 11) is 2.08. The van der Waals surface area contributed by atoms with Gasteiger partial charge in [-0.3, -0.25) is 0 Å². The predicted octanol–water partition coefficient (Wildman–Crippen LogP) is 2.66. The first kappa shape index (κ1) is 13.0. The van der Waals surface area contributed by atoms with Crippen LogP contribution in [0.15, 0.2) is 30.5 Å². The fourth-order valence-corrected chi connectivity index (χ4v) is 3.61. The van der Waals surface area contributed by atoms with E-state index in [4.69, 9.17) is 5.73 Å². The molecule has 1 aromatic heterocycles. The maximum atomic E-state index is 11.1. The lowest BCUT2D eigenvalue weighted by Crippen LogP contribution is -2.41. The van der Waals surface area contributed by atoms with Crippen LogP contribution in [0.3, 0.4) is 0 Å². The number of urea groups is 1. The number of primary amides is 1. The molecule has 2 amide bonds. The van der Waals surface area contributed by atoms with E-state index in [0.717, 1.165) is 12.8 Å². The van der Waals surface area contributed by atoms with Gasteiger partial charge in [0.2, 0.25) is 0 Å². The third-order valence-electron chi connectivity index (χ3n) is 4.63. The molecule has 3 rings (SSSR count). The Kier molecular flexibility index (Phi) is 3.16. The zero-order valence-electron chi connectivity index (χ0n) is 11.9. The van der Waals surface area contributed by atoms with Crippen molar-refractivity contribution in [2.24, 2.45) is 12.8 Å². The molecule has 1 fully saturated rings. The zero-order chi connectivity index (χ0) is 14.2. The Morgan fingerprint density at radius 2 is 2.05 bits per heavy atom. The summed E-state index contributed by atoms with van der Waals surface area (Å²) < 4.78 is 2.18. The van der Waals surface area contributed by atoms with Gasteiger partial charge >= 0.3 is 6.03 Å². The molecule has 2 aromatic rings. The lowest BCUT2D eigenvalue weighted by molar-refractivity contribution is 0.245. The van der Waals surface area contributed by atoms with Crippen LogP contribution in [0.25, 0.3) is 10.9 Å². The van der Waals surface area contributed by atoms with Gasteiger partial charge in [0.25, 0.3) is 0 Å². The van der Waals surface area contributed by atoms with Crippen molar-refractivity contribution >= 4 is 16.9 Å². The number of nitrogens with two attached hydrogens (primary N) is 1. The Balaban J connectivity index is 2.08. The summed E-state index contributed by atoms with van der Waals surface area (Å²) in [6.07, 6.45) is 6.87. The molecule has 4 nitrogen and oxygen atoms in total. The van der Waals surface area contributed by atoms with Crippen LogP contribution < -0.4 is 11.1 Å². The highest BCUT2D eigenvalue weighted by atomic mass is 16.2. The Morgan fingerprint density at radius 3 is 2.75 bits per heavy atom. The molecular formula is C16H21N3O. The van der Waals surface area contributed by atoms with Crippen LogP contribution in [0.5, 0.6) is 0 Å². The van der Waals surface area contributed by atoms with Crippen molar-refractivity contribution < 1.29 is 4.79 Å². The van der Waals surface area contributed by atoms with Gasteiger partial charge in [-0.05, 0) is 24.5 Å². The Bertz CT molecular complexity index is 638. The minimum atomic E-state index is -0.434. The third kappa shape index (κ3) is 2.05. The molecule has 3 N–H and O–H groups in total. The molecule has 106 valence electrons. The molecule has 0 aliphatic heterocycles. The first-order valence-electron chi connectivity index (χ1n) is 7.20. The van der Waals surface area contributed by atoms with Crippen LogP contribution in [0.1, 0.15) is 31.2 Å². The first-order valence-corrected chi connectivity index (χ1v) is 7.20. The number of para-hydroxylation sites is 1. The van der Waals surface area contributed by atoms with E-state index in [-0.39, 0.29) is 5.41 Å². The van der Waals surface area contributed by atoms with Crippen molar-refractivity contribution in [3.05, 3.63) is 36.0 Å². The van der Waals surface area contributed by atoms with Crippen LogP contribution in [-0.2, 0) is 12.5 Å². The minimum Gasteiger partial charge on any atom is -0.352 e. The summed E-state index contributed by atoms with van der Waals surface area (Å²) in [6, 6.07) is 8.03. The Labute approximate surface area is 118 Å². The van der Waals surface area contributed by atoms with E-state index in [1.807, 2.05) is 0 Å². The van der Waals surface area contributed by atoms with E-state index >= 15 is 0 Å². The molecule has 1 saturated carbocycles. The number of hydrogen-bond acceptors (Lipinski definition) is 1. The van der Waals surface area contributed by atoms with Gasteiger partial charge in [0.1, 0.15) is 0 Å². The van der Waals surface area contributed by atoms with Gasteiger partial charge in [-0.15, -0.1) is 0 Å². The quantitative estimate of drug-likeness (QED) is 0.886. The highest BCUT2D eigenvalue weighted by Crippen LogP contribution is 2.43. The number of amides is 2. The van der Waals surface area contributed by atoms with Crippen molar-refractivity contribution in [1.29, 1.82) is 0 Å². The van der Waals surface area contributed by atoms with E-state index in [1.165, 1.54) is 29.3 Å². The summed E-state index contributed by atoms with van der Waals surface area (Å²) in [5, 5.41) is 4.12. The van der Waals surface area contributed by atoms with E-state index in [9.17, 15) is 4.79 Å². The van der Waals surface area contributed by atoms with Crippen molar-refractivity contribution in [2.45, 2.75) is 31.1 Å². The number of aryl methyl sites for hydroxylation is 1. The number of fused-ring (bicyclic) bond motifs is 1. The van der Waals surface area contributed by atoms with Crippen molar-refractivity contribution in [2.75, 3.05) is 6.54 Å². The second kappa shape index (κ2) is 4.85. The van der Waals surface area contributed by atoms with Gasteiger partial charge in [0.15, 0.2) is 0 Å². The fraction of sp³-hybridized carbons (Fsp3) is 0.438. The minimum absolute atomic E-state index is 0.0376. The van der Waals surface area contributed by atoms with Crippen molar-refractivity contribution in [3.63, 3.8) is 0 Å². The van der Waals surface area contributed by atoms with Crippen LogP contribution in [0.2, 0.25) is 0 Å². The normalized spacial score (nSPS) is 17.4. The van der Waals surface area contributed by atoms with Crippen molar-refractivity contribution in [1.82, 2.24) is 9.88 Å². The zero-order valence-corrected chi connectivity index (χ0v) is 11.9. The molecule has 1 heterocycles. The monoisotopic (exact) mass is 271 g/mol. The molecule has 1 aliphatic rings. The smallest absolute Gasteiger partial charge is 0.312 e. The average molecular weight is 271 g/mol. The lowest BCUT2D eigenvalue weighted by Gasteiger charge is -2.29. The highest BCUT2D eigenvalue weighted by Gasteiger charge is 2.37. The molecular weight excluding hydrogens is 250 g/mol. The van der Waals surface area contributed by atoms with Gasteiger partial charge in [0, 0.05) is 36.1 Å². The maximum absolute atomic E-state index is 11.1. The largest absolute Gasteiger partial charge is 0.352 e. The van der Waals surface area contributed by atoms with Gasteiger partial charge in [-0.2, -0.15) is 0 Å². The third-order valence-corrected chi connectivity index (χ3v) is 4.63. The van der Waals surface area contributed by atoms with Crippen LogP contribution in [-0.4, -0.2) is 17.1 Å². The summed E-state index contributed by atoms with van der Waals surface area (Å²) in [5.41, 5.74) is 7.90. The number of carbonyl (C=O) groups is 1. The van der Waals surface area contributed by atoms with Gasteiger partial charge in [-0.1, -0.05) is 31.0 Å². The molecule has 0 bridgehead atoms. The molecule has 4 heteroatoms. The first-order chi connectivity index (χ1) is 9.62. The number of benzene rings is 1. The van der Waals surface area contributed by atoms with Crippen LogP contribution >= 0.6 is 0 Å². The van der Waals surface area contributed by atoms with E-state index in [2.05, 4.69) is 47.4 Å². The summed E-state index contributed by atoms with van der Waals surface area (Å²) >= 11 is 0. The highest BCUT2D eigenvalue weighted by molar-refractivity contribution is 5.85.